The Balaban J connectivity index is 2.29. The van der Waals surface area contributed by atoms with Crippen molar-refractivity contribution in [3.63, 3.8) is 0 Å². The Bertz CT molecular complexity index is 567. The predicted molar refractivity (Wildman–Crippen MR) is 67.2 cm³/mol. The first-order chi connectivity index (χ1) is 8.15. The van der Waals surface area contributed by atoms with Crippen LogP contribution < -0.4 is 0 Å². The predicted octanol–water partition coefficient (Wildman–Crippen LogP) is 4.29. The summed E-state index contributed by atoms with van der Waals surface area (Å²) in [4.78, 5) is 3.57. The fraction of sp³-hybridized carbons (Fsp3) is 0. The molecule has 1 aromatic carbocycles. The maximum absolute atomic E-state index is 13.3. The zero-order chi connectivity index (χ0) is 12.3. The van der Waals surface area contributed by atoms with Crippen LogP contribution in [0.5, 0.6) is 0 Å². The van der Waals surface area contributed by atoms with Crippen LogP contribution >= 0.6 is 15.9 Å². The van der Waals surface area contributed by atoms with E-state index in [4.69, 9.17) is 0 Å². The molecule has 0 atom stereocenters. The van der Waals surface area contributed by atoms with Crippen LogP contribution in [0.4, 0.5) is 8.78 Å². The summed E-state index contributed by atoms with van der Waals surface area (Å²) < 4.78 is 26.9. The summed E-state index contributed by atoms with van der Waals surface area (Å²) in [7, 11) is 0. The lowest BCUT2D eigenvalue weighted by Crippen LogP contribution is -1.86. The Labute approximate surface area is 106 Å². The van der Waals surface area contributed by atoms with E-state index in [1.807, 2.05) is 0 Å². The number of benzene rings is 1. The van der Waals surface area contributed by atoms with Crippen molar-refractivity contribution in [1.82, 2.24) is 4.98 Å². The topological polar surface area (TPSA) is 12.9 Å². The maximum Gasteiger partial charge on any atom is 0.220 e. The molecule has 86 valence electrons. The van der Waals surface area contributed by atoms with Gasteiger partial charge in [0.25, 0.3) is 0 Å². The van der Waals surface area contributed by atoms with Gasteiger partial charge in [0.2, 0.25) is 5.95 Å². The second kappa shape index (κ2) is 5.19. The van der Waals surface area contributed by atoms with Crippen LogP contribution in [-0.2, 0) is 0 Å². The lowest BCUT2D eigenvalue weighted by atomic mass is 10.1. The molecule has 1 aromatic heterocycles. The fourth-order valence-electron chi connectivity index (χ4n) is 1.35. The Morgan fingerprint density at radius 2 is 1.94 bits per heavy atom. The van der Waals surface area contributed by atoms with Gasteiger partial charge in [-0.25, -0.2) is 9.37 Å². The summed E-state index contributed by atoms with van der Waals surface area (Å²) in [5.74, 6) is -0.874. The van der Waals surface area contributed by atoms with Crippen molar-refractivity contribution >= 4 is 28.1 Å². The monoisotopic (exact) mass is 295 g/mol. The van der Waals surface area contributed by atoms with E-state index in [0.717, 1.165) is 0 Å². The van der Waals surface area contributed by atoms with Crippen LogP contribution in [0.2, 0.25) is 0 Å². The number of hydrogen-bond donors (Lipinski definition) is 0. The van der Waals surface area contributed by atoms with Crippen molar-refractivity contribution in [1.29, 1.82) is 0 Å². The second-order valence-corrected chi connectivity index (χ2v) is 4.34. The van der Waals surface area contributed by atoms with Crippen LogP contribution in [0.15, 0.2) is 41.0 Å². The summed E-state index contributed by atoms with van der Waals surface area (Å²) >= 11 is 3.21. The van der Waals surface area contributed by atoms with E-state index in [-0.39, 0.29) is 5.82 Å². The van der Waals surface area contributed by atoms with E-state index in [0.29, 0.717) is 15.6 Å². The average Bonchev–Trinajstić information content (AvgIpc) is 2.30. The van der Waals surface area contributed by atoms with Crippen molar-refractivity contribution in [3.8, 4) is 0 Å². The van der Waals surface area contributed by atoms with Crippen LogP contribution in [0.25, 0.3) is 12.2 Å². The Kier molecular flexibility index (Phi) is 3.64. The van der Waals surface area contributed by atoms with E-state index in [1.54, 1.807) is 30.4 Å². The minimum atomic E-state index is -0.555. The smallest absolute Gasteiger partial charge is 0.220 e. The molecular formula is C13H8BrF2N. The fourth-order valence-corrected chi connectivity index (χ4v) is 1.70. The first kappa shape index (κ1) is 11.9. The summed E-state index contributed by atoms with van der Waals surface area (Å²) in [5.41, 5.74) is 1.02. The Morgan fingerprint density at radius 3 is 2.71 bits per heavy atom. The minimum Gasteiger partial charge on any atom is -0.227 e. The molecule has 0 amide bonds. The first-order valence-electron chi connectivity index (χ1n) is 4.90. The summed E-state index contributed by atoms with van der Waals surface area (Å²) in [5, 5.41) is 0. The molecule has 0 aliphatic heterocycles. The van der Waals surface area contributed by atoms with Gasteiger partial charge < -0.3 is 0 Å². The molecule has 0 saturated carbocycles. The van der Waals surface area contributed by atoms with Crippen molar-refractivity contribution in [3.05, 3.63) is 63.9 Å². The number of nitrogens with zero attached hydrogens (tertiary/aromatic N) is 1. The highest BCUT2D eigenvalue weighted by Gasteiger charge is 2.00. The molecule has 0 saturated heterocycles. The normalized spacial score (nSPS) is 11.0. The van der Waals surface area contributed by atoms with Gasteiger partial charge in [0, 0.05) is 16.2 Å². The molecular weight excluding hydrogens is 288 g/mol. The molecule has 2 aromatic rings. The third kappa shape index (κ3) is 3.20. The highest BCUT2D eigenvalue weighted by atomic mass is 79.9. The second-order valence-electron chi connectivity index (χ2n) is 3.42. The molecule has 0 aliphatic rings. The third-order valence-corrected chi connectivity index (χ3v) is 2.57. The van der Waals surface area contributed by atoms with Crippen LogP contribution in [0.3, 0.4) is 0 Å². The van der Waals surface area contributed by atoms with Gasteiger partial charge in [0.05, 0.1) is 0 Å². The Hall–Kier alpha value is -1.55. The van der Waals surface area contributed by atoms with Gasteiger partial charge in [-0.2, -0.15) is 4.39 Å². The lowest BCUT2D eigenvalue weighted by Gasteiger charge is -1.97. The zero-order valence-corrected chi connectivity index (χ0v) is 10.3. The number of aromatic nitrogens is 1. The van der Waals surface area contributed by atoms with Crippen molar-refractivity contribution in [2.75, 3.05) is 0 Å². The lowest BCUT2D eigenvalue weighted by molar-refractivity contribution is 0.580. The van der Waals surface area contributed by atoms with E-state index in [1.165, 1.54) is 18.3 Å². The first-order valence-corrected chi connectivity index (χ1v) is 5.69. The van der Waals surface area contributed by atoms with Gasteiger partial charge in [-0.3, -0.25) is 0 Å². The number of rotatable bonds is 2. The highest BCUT2D eigenvalue weighted by Crippen LogP contribution is 2.16. The van der Waals surface area contributed by atoms with Gasteiger partial charge in [-0.05, 0) is 45.8 Å². The van der Waals surface area contributed by atoms with E-state index in [2.05, 4.69) is 20.9 Å². The van der Waals surface area contributed by atoms with Crippen molar-refractivity contribution < 1.29 is 8.78 Å². The van der Waals surface area contributed by atoms with Gasteiger partial charge in [0.1, 0.15) is 5.82 Å². The number of halogens is 3. The molecule has 4 heteroatoms. The average molecular weight is 296 g/mol. The van der Waals surface area contributed by atoms with E-state index >= 15 is 0 Å². The summed E-state index contributed by atoms with van der Waals surface area (Å²) in [6.45, 7) is 0. The SMILES string of the molecule is Fc1cccc(C=Cc2cc(Br)cnc2F)c1. The van der Waals surface area contributed by atoms with Crippen LogP contribution in [0.1, 0.15) is 11.1 Å². The highest BCUT2D eigenvalue weighted by molar-refractivity contribution is 9.10. The van der Waals surface area contributed by atoms with Crippen molar-refractivity contribution in [2.45, 2.75) is 0 Å². The number of pyridine rings is 1. The molecule has 1 heterocycles. The largest absolute Gasteiger partial charge is 0.227 e. The maximum atomic E-state index is 13.3. The number of hydrogen-bond acceptors (Lipinski definition) is 1. The molecule has 17 heavy (non-hydrogen) atoms. The molecule has 0 N–H and O–H groups in total. The molecule has 0 radical (unpaired) electrons. The molecule has 0 aliphatic carbocycles. The minimum absolute atomic E-state index is 0.319. The third-order valence-electron chi connectivity index (χ3n) is 2.14. The van der Waals surface area contributed by atoms with Gasteiger partial charge in [-0.1, -0.05) is 18.2 Å². The van der Waals surface area contributed by atoms with Crippen LogP contribution in [-0.4, -0.2) is 4.98 Å². The standard InChI is InChI=1S/C13H8BrF2N/c14-11-7-10(13(16)17-8-11)5-4-9-2-1-3-12(15)6-9/h1-8H. The Morgan fingerprint density at radius 1 is 1.12 bits per heavy atom. The summed E-state index contributed by atoms with van der Waals surface area (Å²) in [6.07, 6.45) is 4.58. The quantitative estimate of drug-likeness (QED) is 0.753. The van der Waals surface area contributed by atoms with Gasteiger partial charge in [0.15, 0.2) is 0 Å². The molecule has 0 unspecified atom stereocenters. The van der Waals surface area contributed by atoms with Gasteiger partial charge in [-0.15, -0.1) is 0 Å². The molecule has 2 rings (SSSR count). The molecule has 0 spiro atoms. The van der Waals surface area contributed by atoms with Crippen molar-refractivity contribution in [2.24, 2.45) is 0 Å². The molecule has 0 fully saturated rings. The zero-order valence-electron chi connectivity index (χ0n) is 8.70. The van der Waals surface area contributed by atoms with Gasteiger partial charge >= 0.3 is 0 Å². The van der Waals surface area contributed by atoms with E-state index < -0.39 is 5.95 Å². The summed E-state index contributed by atoms with van der Waals surface area (Å²) in [6, 6.07) is 7.68. The molecule has 0 bridgehead atoms. The molecule has 1 nitrogen and oxygen atoms in total. The van der Waals surface area contributed by atoms with E-state index in [9.17, 15) is 8.78 Å². The van der Waals surface area contributed by atoms with Crippen LogP contribution in [0, 0.1) is 11.8 Å².